The molecule has 0 unspecified atom stereocenters. The van der Waals surface area contributed by atoms with Gasteiger partial charge in [-0.25, -0.2) is 13.1 Å². The number of benzene rings is 2. The van der Waals surface area contributed by atoms with Gasteiger partial charge in [0.05, 0.1) is 10.4 Å². The minimum Gasteiger partial charge on any atom is -0.351 e. The zero-order valence-corrected chi connectivity index (χ0v) is 17.6. The third kappa shape index (κ3) is 3.64. The molecule has 0 bridgehead atoms. The molecule has 156 valence electrons. The highest BCUT2D eigenvalue weighted by Gasteiger charge is 2.24. The zero-order chi connectivity index (χ0) is 21.5. The number of sulfonamides is 1. The van der Waals surface area contributed by atoms with E-state index < -0.39 is 15.9 Å². The lowest BCUT2D eigenvalue weighted by molar-refractivity contribution is 0.0952. The van der Waals surface area contributed by atoms with Crippen molar-refractivity contribution < 1.29 is 13.2 Å². The van der Waals surface area contributed by atoms with Crippen LogP contribution in [-0.2, 0) is 16.4 Å². The summed E-state index contributed by atoms with van der Waals surface area (Å²) in [7, 11) is -3.65. The second-order valence-corrected chi connectivity index (χ2v) is 9.38. The molecule has 1 atom stereocenters. The van der Waals surface area contributed by atoms with Crippen LogP contribution in [0.15, 0.2) is 58.4 Å². The van der Waals surface area contributed by atoms with Crippen molar-refractivity contribution in [2.45, 2.75) is 31.2 Å². The largest absolute Gasteiger partial charge is 0.351 e. The van der Waals surface area contributed by atoms with Crippen LogP contribution in [-0.4, -0.2) is 32.0 Å². The van der Waals surface area contributed by atoms with Crippen molar-refractivity contribution in [3.8, 4) is 0 Å². The molecule has 1 aliphatic heterocycles. The standard InChI is InChI=1S/C22H23N3O4S/c1-14-6-8-17(9-7-14)30(28,29)24-11-10-23-22(27)19-13-25-15(2)12-16-4-3-5-18(20(16)25)21(19)26/h3-9,13,15,24H,10-12H2,1-2H3,(H,23,27)/t15-/m0/s1. The highest BCUT2D eigenvalue weighted by Crippen LogP contribution is 2.30. The number of hydrogen-bond donors (Lipinski definition) is 2. The summed E-state index contributed by atoms with van der Waals surface area (Å²) in [5.74, 6) is -0.510. The molecule has 2 N–H and O–H groups in total. The second kappa shape index (κ2) is 7.70. The predicted octanol–water partition coefficient (Wildman–Crippen LogP) is 2.14. The fourth-order valence-electron chi connectivity index (χ4n) is 3.83. The van der Waals surface area contributed by atoms with Crippen molar-refractivity contribution in [3.63, 3.8) is 0 Å². The van der Waals surface area contributed by atoms with E-state index in [4.69, 9.17) is 0 Å². The van der Waals surface area contributed by atoms with Crippen molar-refractivity contribution >= 4 is 26.8 Å². The Morgan fingerprint density at radius 1 is 1.13 bits per heavy atom. The van der Waals surface area contributed by atoms with Crippen LogP contribution in [0.4, 0.5) is 0 Å². The number of para-hydroxylation sites is 1. The van der Waals surface area contributed by atoms with Gasteiger partial charge < -0.3 is 9.88 Å². The molecule has 0 radical (unpaired) electrons. The highest BCUT2D eigenvalue weighted by atomic mass is 32.2. The fourth-order valence-corrected chi connectivity index (χ4v) is 4.87. The first-order valence-electron chi connectivity index (χ1n) is 9.79. The minimum absolute atomic E-state index is 0.0181. The lowest BCUT2D eigenvalue weighted by Crippen LogP contribution is -2.36. The Kier molecular flexibility index (Phi) is 5.21. The third-order valence-electron chi connectivity index (χ3n) is 5.40. The molecule has 4 rings (SSSR count). The SMILES string of the molecule is Cc1ccc(S(=O)(=O)NCCNC(=O)c2cn3c4c(cccc4c2=O)C[C@@H]3C)cc1. The van der Waals surface area contributed by atoms with E-state index in [-0.39, 0.29) is 35.0 Å². The quantitative estimate of drug-likeness (QED) is 0.591. The minimum atomic E-state index is -3.65. The maximum absolute atomic E-state index is 12.8. The van der Waals surface area contributed by atoms with Crippen LogP contribution < -0.4 is 15.5 Å². The van der Waals surface area contributed by atoms with Gasteiger partial charge in [0.25, 0.3) is 5.91 Å². The van der Waals surface area contributed by atoms with Crippen LogP contribution in [0, 0.1) is 6.92 Å². The van der Waals surface area contributed by atoms with Crippen molar-refractivity contribution in [2.24, 2.45) is 0 Å². The first-order chi connectivity index (χ1) is 14.3. The molecule has 1 aromatic heterocycles. The Labute approximate surface area is 174 Å². The van der Waals surface area contributed by atoms with E-state index >= 15 is 0 Å². The maximum atomic E-state index is 12.8. The van der Waals surface area contributed by atoms with E-state index in [1.54, 1.807) is 24.4 Å². The summed E-state index contributed by atoms with van der Waals surface area (Å²) < 4.78 is 29.0. The molecule has 2 aromatic carbocycles. The molecule has 0 fully saturated rings. The Morgan fingerprint density at radius 2 is 1.87 bits per heavy atom. The van der Waals surface area contributed by atoms with Crippen LogP contribution in [0.3, 0.4) is 0 Å². The van der Waals surface area contributed by atoms with Gasteiger partial charge in [-0.1, -0.05) is 29.8 Å². The monoisotopic (exact) mass is 425 g/mol. The first kappa shape index (κ1) is 20.3. The van der Waals surface area contributed by atoms with Gasteiger partial charge in [-0.15, -0.1) is 0 Å². The molecule has 1 amide bonds. The molecule has 8 heteroatoms. The summed E-state index contributed by atoms with van der Waals surface area (Å²) in [5, 5.41) is 3.17. The molecule has 2 heterocycles. The van der Waals surface area contributed by atoms with E-state index in [1.165, 1.54) is 12.1 Å². The number of pyridine rings is 1. The number of nitrogens with zero attached hydrogens (tertiary/aromatic N) is 1. The van der Waals surface area contributed by atoms with Crippen molar-refractivity contribution in [3.05, 3.63) is 75.6 Å². The van der Waals surface area contributed by atoms with Gasteiger partial charge in [0.15, 0.2) is 0 Å². The smallest absolute Gasteiger partial charge is 0.256 e. The number of rotatable bonds is 6. The number of aromatic nitrogens is 1. The summed E-state index contributed by atoms with van der Waals surface area (Å²) in [4.78, 5) is 25.6. The zero-order valence-electron chi connectivity index (χ0n) is 16.8. The van der Waals surface area contributed by atoms with Crippen LogP contribution in [0.1, 0.15) is 34.5 Å². The van der Waals surface area contributed by atoms with Gasteiger partial charge in [-0.05, 0) is 44.0 Å². The van der Waals surface area contributed by atoms with E-state index in [2.05, 4.69) is 10.0 Å². The number of nitrogens with one attached hydrogen (secondary N) is 2. The molecule has 0 spiro atoms. The summed E-state index contributed by atoms with van der Waals surface area (Å²) in [6, 6.07) is 12.3. The molecule has 0 saturated carbocycles. The molecule has 3 aromatic rings. The topological polar surface area (TPSA) is 97.3 Å². The molecule has 1 aliphatic rings. The Hall–Kier alpha value is -2.97. The van der Waals surface area contributed by atoms with Gasteiger partial charge in [0.2, 0.25) is 15.5 Å². The Balaban J connectivity index is 1.46. The van der Waals surface area contributed by atoms with Crippen molar-refractivity contribution in [1.29, 1.82) is 0 Å². The third-order valence-corrected chi connectivity index (χ3v) is 6.88. The fraction of sp³-hybridized carbons (Fsp3) is 0.273. The van der Waals surface area contributed by atoms with E-state index in [1.807, 2.05) is 30.5 Å². The average molecular weight is 426 g/mol. The van der Waals surface area contributed by atoms with Gasteiger partial charge in [-0.3, -0.25) is 9.59 Å². The van der Waals surface area contributed by atoms with E-state index in [0.717, 1.165) is 23.1 Å². The average Bonchev–Trinajstić information content (AvgIpc) is 3.04. The molecular weight excluding hydrogens is 402 g/mol. The van der Waals surface area contributed by atoms with Crippen LogP contribution in [0.5, 0.6) is 0 Å². The van der Waals surface area contributed by atoms with Crippen molar-refractivity contribution in [1.82, 2.24) is 14.6 Å². The van der Waals surface area contributed by atoms with Crippen LogP contribution in [0.25, 0.3) is 10.9 Å². The van der Waals surface area contributed by atoms with Gasteiger partial charge >= 0.3 is 0 Å². The second-order valence-electron chi connectivity index (χ2n) is 7.61. The predicted molar refractivity (Wildman–Crippen MR) is 115 cm³/mol. The number of amides is 1. The van der Waals surface area contributed by atoms with Crippen molar-refractivity contribution in [2.75, 3.05) is 13.1 Å². The summed E-state index contributed by atoms with van der Waals surface area (Å²) in [6.45, 7) is 4.01. The molecule has 0 saturated heterocycles. The van der Waals surface area contributed by atoms with E-state index in [0.29, 0.717) is 5.39 Å². The first-order valence-corrected chi connectivity index (χ1v) is 11.3. The Bertz CT molecular complexity index is 1290. The molecule has 30 heavy (non-hydrogen) atoms. The lowest BCUT2D eigenvalue weighted by atomic mass is 10.1. The number of carbonyl (C=O) groups excluding carboxylic acids is 1. The molecule has 0 aliphatic carbocycles. The van der Waals surface area contributed by atoms with Gasteiger partial charge in [0.1, 0.15) is 5.56 Å². The summed E-state index contributed by atoms with van der Waals surface area (Å²) in [5.41, 5.74) is 2.71. The normalized spacial score (nSPS) is 15.5. The molecule has 7 nitrogen and oxygen atoms in total. The summed E-state index contributed by atoms with van der Waals surface area (Å²) >= 11 is 0. The van der Waals surface area contributed by atoms with Gasteiger partial charge in [0, 0.05) is 30.7 Å². The number of carbonyl (C=O) groups is 1. The molecular formula is C22H23N3O4S. The lowest BCUT2D eigenvalue weighted by Gasteiger charge is -2.13. The summed E-state index contributed by atoms with van der Waals surface area (Å²) in [6.07, 6.45) is 2.43. The van der Waals surface area contributed by atoms with E-state index in [9.17, 15) is 18.0 Å². The number of hydrogen-bond acceptors (Lipinski definition) is 4. The number of aryl methyl sites for hydroxylation is 1. The van der Waals surface area contributed by atoms with Crippen LogP contribution >= 0.6 is 0 Å². The Morgan fingerprint density at radius 3 is 2.60 bits per heavy atom. The highest BCUT2D eigenvalue weighted by molar-refractivity contribution is 7.89. The maximum Gasteiger partial charge on any atom is 0.256 e. The van der Waals surface area contributed by atoms with Crippen LogP contribution in [0.2, 0.25) is 0 Å². The van der Waals surface area contributed by atoms with Gasteiger partial charge in [-0.2, -0.15) is 0 Å².